The van der Waals surface area contributed by atoms with Crippen LogP contribution < -0.4 is 10.0 Å². The molecule has 0 spiro atoms. The molecule has 0 saturated carbocycles. The smallest absolute Gasteiger partial charge is 0.410 e. The average Bonchev–Trinajstić information content (AvgIpc) is 3.17. The van der Waals surface area contributed by atoms with Crippen LogP contribution in [-0.2, 0) is 19.6 Å². The summed E-state index contributed by atoms with van der Waals surface area (Å²) >= 11 is 0. The van der Waals surface area contributed by atoms with Gasteiger partial charge in [-0.3, -0.25) is 14.4 Å². The van der Waals surface area contributed by atoms with Gasteiger partial charge in [-0.1, -0.05) is 23.8 Å². The normalized spacial score (nSPS) is 16.5. The van der Waals surface area contributed by atoms with Crippen molar-refractivity contribution in [2.45, 2.75) is 57.1 Å². The van der Waals surface area contributed by atoms with Crippen molar-refractivity contribution in [2.24, 2.45) is 0 Å². The molecule has 2 heterocycles. The number of pyridine rings is 1. The maximum absolute atomic E-state index is 12.8. The maximum Gasteiger partial charge on any atom is 0.410 e. The Hall–Kier alpha value is -3.14. The molecule has 10 heteroatoms. The standard InChI is InChI=1S/C22H28N4O5S/c1-15-10-12-16(13-11-15)32(29,30)25-19-9-5-8-18(23-19)24-20(27)17-7-6-14-26(17)21(28)31-22(2,3)4/h5,8-13,17H,6-7,14H2,1-4H3,(H2,23,24,25,27)/t17-/m0/s1. The molecule has 1 aromatic carbocycles. The topological polar surface area (TPSA) is 118 Å². The quantitative estimate of drug-likeness (QED) is 0.705. The second kappa shape index (κ2) is 9.15. The number of anilines is 2. The highest BCUT2D eigenvalue weighted by Crippen LogP contribution is 2.23. The first kappa shape index (κ1) is 23.5. The molecule has 0 bridgehead atoms. The fraction of sp³-hybridized carbons (Fsp3) is 0.409. The molecule has 1 fully saturated rings. The van der Waals surface area contributed by atoms with Crippen LogP contribution in [0.3, 0.4) is 0 Å². The number of benzene rings is 1. The Morgan fingerprint density at radius 1 is 1.09 bits per heavy atom. The van der Waals surface area contributed by atoms with E-state index in [1.165, 1.54) is 23.1 Å². The molecular formula is C22H28N4O5S. The van der Waals surface area contributed by atoms with Gasteiger partial charge in [-0.05, 0) is 64.8 Å². The number of carbonyl (C=O) groups excluding carboxylic acids is 2. The molecule has 2 N–H and O–H groups in total. The number of sulfonamides is 1. The molecular weight excluding hydrogens is 432 g/mol. The Morgan fingerprint density at radius 3 is 2.41 bits per heavy atom. The summed E-state index contributed by atoms with van der Waals surface area (Å²) in [5.74, 6) is -0.159. The van der Waals surface area contributed by atoms with Crippen LogP contribution in [0.1, 0.15) is 39.2 Å². The summed E-state index contributed by atoms with van der Waals surface area (Å²) in [6, 6.07) is 10.4. The number of carbonyl (C=O) groups is 2. The summed E-state index contributed by atoms with van der Waals surface area (Å²) in [4.78, 5) is 30.9. The number of likely N-dealkylation sites (tertiary alicyclic amines) is 1. The molecule has 32 heavy (non-hydrogen) atoms. The predicted molar refractivity (Wildman–Crippen MR) is 121 cm³/mol. The van der Waals surface area contributed by atoms with Gasteiger partial charge in [0.15, 0.2) is 0 Å². The first-order valence-corrected chi connectivity index (χ1v) is 11.8. The van der Waals surface area contributed by atoms with E-state index in [0.29, 0.717) is 19.4 Å². The number of nitrogens with zero attached hydrogens (tertiary/aromatic N) is 2. The molecule has 1 saturated heterocycles. The lowest BCUT2D eigenvalue weighted by molar-refractivity contribution is -0.120. The number of aryl methyl sites for hydroxylation is 1. The number of nitrogens with one attached hydrogen (secondary N) is 2. The first-order valence-electron chi connectivity index (χ1n) is 10.3. The molecule has 9 nitrogen and oxygen atoms in total. The van der Waals surface area contributed by atoms with E-state index in [4.69, 9.17) is 4.74 Å². The van der Waals surface area contributed by atoms with Crippen LogP contribution in [0.25, 0.3) is 0 Å². The molecule has 172 valence electrons. The van der Waals surface area contributed by atoms with Crippen molar-refractivity contribution in [3.8, 4) is 0 Å². The maximum atomic E-state index is 12.8. The minimum atomic E-state index is -3.82. The highest BCUT2D eigenvalue weighted by molar-refractivity contribution is 7.92. The highest BCUT2D eigenvalue weighted by Gasteiger charge is 2.36. The number of hydrogen-bond donors (Lipinski definition) is 2. The third-order valence-electron chi connectivity index (χ3n) is 4.75. The van der Waals surface area contributed by atoms with E-state index in [1.807, 2.05) is 6.92 Å². The molecule has 1 aliphatic rings. The lowest BCUT2D eigenvalue weighted by Gasteiger charge is -2.27. The third kappa shape index (κ3) is 5.97. The van der Waals surface area contributed by atoms with E-state index < -0.39 is 33.7 Å². The van der Waals surface area contributed by atoms with Crippen LogP contribution in [0, 0.1) is 6.92 Å². The van der Waals surface area contributed by atoms with Crippen molar-refractivity contribution in [2.75, 3.05) is 16.6 Å². The van der Waals surface area contributed by atoms with Crippen LogP contribution in [-0.4, -0.2) is 48.5 Å². The fourth-order valence-corrected chi connectivity index (χ4v) is 4.26. The second-order valence-electron chi connectivity index (χ2n) is 8.65. The van der Waals surface area contributed by atoms with Gasteiger partial charge < -0.3 is 10.1 Å². The van der Waals surface area contributed by atoms with Crippen LogP contribution in [0.4, 0.5) is 16.4 Å². The van der Waals surface area contributed by atoms with E-state index in [0.717, 1.165) is 5.56 Å². The van der Waals surface area contributed by atoms with Crippen LogP contribution in [0.2, 0.25) is 0 Å². The SMILES string of the molecule is Cc1ccc(S(=O)(=O)Nc2cccc(NC(=O)[C@@H]3CCCN3C(=O)OC(C)(C)C)n2)cc1. The fourth-order valence-electron chi connectivity index (χ4n) is 3.26. The van der Waals surface area contributed by atoms with E-state index in [1.54, 1.807) is 45.0 Å². The number of aromatic nitrogens is 1. The van der Waals surface area contributed by atoms with Gasteiger partial charge in [-0.15, -0.1) is 0 Å². The zero-order chi connectivity index (χ0) is 23.5. The van der Waals surface area contributed by atoms with Crippen LogP contribution in [0.5, 0.6) is 0 Å². The van der Waals surface area contributed by atoms with Crippen molar-refractivity contribution < 1.29 is 22.7 Å². The zero-order valence-corrected chi connectivity index (χ0v) is 19.4. The Morgan fingerprint density at radius 2 is 1.75 bits per heavy atom. The van der Waals surface area contributed by atoms with Crippen molar-refractivity contribution in [1.29, 1.82) is 0 Å². The molecule has 0 radical (unpaired) electrons. The van der Waals surface area contributed by atoms with E-state index in [9.17, 15) is 18.0 Å². The van der Waals surface area contributed by atoms with Gasteiger partial charge in [0.1, 0.15) is 23.3 Å². The Balaban J connectivity index is 1.69. The minimum absolute atomic E-state index is 0.0683. The average molecular weight is 461 g/mol. The molecule has 0 unspecified atom stereocenters. The lowest BCUT2D eigenvalue weighted by atomic mass is 10.2. The van der Waals surface area contributed by atoms with E-state index in [-0.39, 0.29) is 16.5 Å². The van der Waals surface area contributed by atoms with Crippen molar-refractivity contribution >= 4 is 33.7 Å². The first-order chi connectivity index (χ1) is 14.9. The number of rotatable bonds is 5. The van der Waals surface area contributed by atoms with E-state index in [2.05, 4.69) is 15.0 Å². The second-order valence-corrected chi connectivity index (χ2v) is 10.3. The predicted octanol–water partition coefficient (Wildman–Crippen LogP) is 3.53. The monoisotopic (exact) mass is 460 g/mol. The highest BCUT2D eigenvalue weighted by atomic mass is 32.2. The lowest BCUT2D eigenvalue weighted by Crippen LogP contribution is -2.45. The molecule has 0 aliphatic carbocycles. The number of amides is 2. The summed E-state index contributed by atoms with van der Waals surface area (Å²) in [5.41, 5.74) is 0.282. The van der Waals surface area contributed by atoms with Gasteiger partial charge in [0.2, 0.25) is 5.91 Å². The third-order valence-corrected chi connectivity index (χ3v) is 6.12. The Bertz CT molecular complexity index is 1090. The molecule has 2 amide bonds. The molecule has 1 atom stereocenters. The molecule has 1 aliphatic heterocycles. The van der Waals surface area contributed by atoms with Crippen molar-refractivity contribution in [1.82, 2.24) is 9.88 Å². The summed E-state index contributed by atoms with van der Waals surface area (Å²) in [5, 5.41) is 2.67. The summed E-state index contributed by atoms with van der Waals surface area (Å²) < 4.78 is 33.0. The minimum Gasteiger partial charge on any atom is -0.444 e. The Labute approximate surface area is 188 Å². The zero-order valence-electron chi connectivity index (χ0n) is 18.6. The Kier molecular flexibility index (Phi) is 6.73. The van der Waals surface area contributed by atoms with Gasteiger partial charge in [-0.2, -0.15) is 0 Å². The van der Waals surface area contributed by atoms with Gasteiger partial charge in [0.05, 0.1) is 4.90 Å². The van der Waals surface area contributed by atoms with Crippen molar-refractivity contribution in [3.63, 3.8) is 0 Å². The van der Waals surface area contributed by atoms with Crippen LogP contribution in [0.15, 0.2) is 47.4 Å². The molecule has 2 aromatic rings. The van der Waals surface area contributed by atoms with Gasteiger partial charge in [-0.25, -0.2) is 18.2 Å². The number of hydrogen-bond acceptors (Lipinski definition) is 6. The van der Waals surface area contributed by atoms with Gasteiger partial charge >= 0.3 is 6.09 Å². The van der Waals surface area contributed by atoms with Crippen LogP contribution >= 0.6 is 0 Å². The van der Waals surface area contributed by atoms with E-state index >= 15 is 0 Å². The largest absolute Gasteiger partial charge is 0.444 e. The summed E-state index contributed by atoms with van der Waals surface area (Å²) in [6.45, 7) is 7.60. The van der Waals surface area contributed by atoms with Crippen molar-refractivity contribution in [3.05, 3.63) is 48.0 Å². The van der Waals surface area contributed by atoms with Gasteiger partial charge in [0.25, 0.3) is 10.0 Å². The van der Waals surface area contributed by atoms with Gasteiger partial charge in [0, 0.05) is 6.54 Å². The number of ether oxygens (including phenoxy) is 1. The molecule has 1 aromatic heterocycles. The summed E-state index contributed by atoms with van der Waals surface area (Å²) in [7, 11) is -3.82. The molecule has 3 rings (SSSR count). The summed E-state index contributed by atoms with van der Waals surface area (Å²) in [6.07, 6.45) is 0.647.